The molecule has 2 aromatic carbocycles. The minimum absolute atomic E-state index is 0.109. The molecule has 1 atom stereocenters. The summed E-state index contributed by atoms with van der Waals surface area (Å²) in [5.74, 6) is 0.0159. The molecule has 0 radical (unpaired) electrons. The molecule has 1 amide bonds. The number of amides is 1. The van der Waals surface area contributed by atoms with Gasteiger partial charge in [-0.05, 0) is 73.8 Å². The van der Waals surface area contributed by atoms with Crippen molar-refractivity contribution in [2.75, 3.05) is 27.2 Å². The van der Waals surface area contributed by atoms with E-state index in [2.05, 4.69) is 27.7 Å². The Morgan fingerprint density at radius 1 is 1.00 bits per heavy atom. The normalized spacial score (nSPS) is 13.1. The standard InChI is InChI=1S/C26H37FN2O4S/c1-20(18-26(2,3)4)17-25(30)29(16-15-28(5)6)19-21-7-11-23(12-8-21)33-34(31,32)24-13-9-22(27)10-14-24/h7-14,20H,15-19H2,1-6H3/t20-/m0/s1. The lowest BCUT2D eigenvalue weighted by Gasteiger charge is -2.28. The zero-order valence-corrected chi connectivity index (χ0v) is 21.9. The molecule has 6 nitrogen and oxygen atoms in total. The van der Waals surface area contributed by atoms with Crippen molar-refractivity contribution in [1.29, 1.82) is 0 Å². The number of benzene rings is 2. The average molecular weight is 493 g/mol. The zero-order chi connectivity index (χ0) is 25.5. The van der Waals surface area contributed by atoms with Crippen molar-refractivity contribution < 1.29 is 21.8 Å². The van der Waals surface area contributed by atoms with Crippen LogP contribution in [0.4, 0.5) is 4.39 Å². The third-order valence-corrected chi connectivity index (χ3v) is 6.52. The molecule has 2 aromatic rings. The minimum Gasteiger partial charge on any atom is -0.379 e. The molecular formula is C26H37FN2O4S. The number of carbonyl (C=O) groups excluding carboxylic acids is 1. The summed E-state index contributed by atoms with van der Waals surface area (Å²) in [5.41, 5.74) is 1.04. The molecule has 0 aliphatic rings. The Kier molecular flexibility index (Phi) is 9.64. The van der Waals surface area contributed by atoms with Gasteiger partial charge in [-0.25, -0.2) is 4.39 Å². The Morgan fingerprint density at radius 3 is 2.12 bits per heavy atom. The van der Waals surface area contributed by atoms with Gasteiger partial charge in [0.15, 0.2) is 0 Å². The van der Waals surface area contributed by atoms with Gasteiger partial charge in [-0.1, -0.05) is 39.8 Å². The molecule has 2 rings (SSSR count). The van der Waals surface area contributed by atoms with Gasteiger partial charge in [0, 0.05) is 26.1 Å². The zero-order valence-electron chi connectivity index (χ0n) is 21.0. The fourth-order valence-corrected chi connectivity index (χ4v) is 4.73. The lowest BCUT2D eigenvalue weighted by Crippen LogP contribution is -2.37. The van der Waals surface area contributed by atoms with Gasteiger partial charge in [0.05, 0.1) is 0 Å². The second-order valence-corrected chi connectivity index (χ2v) is 11.9. The lowest BCUT2D eigenvalue weighted by atomic mass is 9.84. The molecule has 8 heteroatoms. The average Bonchev–Trinajstić information content (AvgIpc) is 2.70. The van der Waals surface area contributed by atoms with E-state index in [0.717, 1.165) is 42.8 Å². The first-order valence-corrected chi connectivity index (χ1v) is 12.9. The van der Waals surface area contributed by atoms with Gasteiger partial charge in [-0.2, -0.15) is 8.42 Å². The summed E-state index contributed by atoms with van der Waals surface area (Å²) in [6, 6.07) is 11.1. The smallest absolute Gasteiger partial charge is 0.339 e. The molecule has 0 N–H and O–H groups in total. The predicted octanol–water partition coefficient (Wildman–Crippen LogP) is 4.95. The summed E-state index contributed by atoms with van der Waals surface area (Å²) in [6.07, 6.45) is 1.45. The largest absolute Gasteiger partial charge is 0.379 e. The predicted molar refractivity (Wildman–Crippen MR) is 132 cm³/mol. The monoisotopic (exact) mass is 492 g/mol. The number of carbonyl (C=O) groups is 1. The van der Waals surface area contributed by atoms with E-state index in [1.54, 1.807) is 24.3 Å². The highest BCUT2D eigenvalue weighted by Crippen LogP contribution is 2.27. The highest BCUT2D eigenvalue weighted by atomic mass is 32.2. The van der Waals surface area contributed by atoms with Crippen molar-refractivity contribution in [3.63, 3.8) is 0 Å². The van der Waals surface area contributed by atoms with Gasteiger partial charge in [0.25, 0.3) is 0 Å². The molecule has 0 bridgehead atoms. The van der Waals surface area contributed by atoms with Crippen molar-refractivity contribution in [2.24, 2.45) is 11.3 Å². The van der Waals surface area contributed by atoms with Crippen molar-refractivity contribution in [2.45, 2.75) is 52.0 Å². The molecule has 0 unspecified atom stereocenters. The van der Waals surface area contributed by atoms with Crippen molar-refractivity contribution >= 4 is 16.0 Å². The Labute approximate surface area is 203 Å². The molecule has 0 aliphatic carbocycles. The maximum Gasteiger partial charge on any atom is 0.339 e. The number of likely N-dealkylation sites (N-methyl/N-ethyl adjacent to an activating group) is 1. The number of halogens is 1. The Hall–Kier alpha value is -2.45. The summed E-state index contributed by atoms with van der Waals surface area (Å²) in [7, 11) is -0.121. The highest BCUT2D eigenvalue weighted by Gasteiger charge is 2.22. The molecule has 0 saturated heterocycles. The van der Waals surface area contributed by atoms with Gasteiger partial charge >= 0.3 is 10.1 Å². The topological polar surface area (TPSA) is 66.9 Å². The summed E-state index contributed by atoms with van der Waals surface area (Å²) in [6.45, 7) is 10.4. The second-order valence-electron chi connectivity index (χ2n) is 10.3. The maximum absolute atomic E-state index is 13.1. The number of nitrogens with zero attached hydrogens (tertiary/aromatic N) is 2. The van der Waals surface area contributed by atoms with Crippen molar-refractivity contribution in [3.8, 4) is 5.75 Å². The molecular weight excluding hydrogens is 455 g/mol. The molecule has 0 spiro atoms. The Balaban J connectivity index is 2.08. The van der Waals surface area contributed by atoms with Gasteiger partial charge in [0.2, 0.25) is 5.91 Å². The molecule has 0 fully saturated rings. The van der Waals surface area contributed by atoms with E-state index < -0.39 is 15.9 Å². The quantitative estimate of drug-likeness (QED) is 0.416. The second kappa shape index (κ2) is 11.8. The Bertz CT molecular complexity index is 1030. The summed E-state index contributed by atoms with van der Waals surface area (Å²) in [5, 5.41) is 0. The summed E-state index contributed by atoms with van der Waals surface area (Å²) < 4.78 is 43.1. The molecule has 0 saturated carbocycles. The number of hydrogen-bond donors (Lipinski definition) is 0. The number of hydrogen-bond acceptors (Lipinski definition) is 5. The summed E-state index contributed by atoms with van der Waals surface area (Å²) in [4.78, 5) is 16.8. The minimum atomic E-state index is -4.06. The van der Waals surface area contributed by atoms with Crippen molar-refractivity contribution in [1.82, 2.24) is 9.80 Å². The van der Waals surface area contributed by atoms with Gasteiger partial charge in [0.1, 0.15) is 16.5 Å². The third-order valence-electron chi connectivity index (χ3n) is 5.26. The fourth-order valence-electron chi connectivity index (χ4n) is 3.80. The molecule has 34 heavy (non-hydrogen) atoms. The van der Waals surface area contributed by atoms with Crippen molar-refractivity contribution in [3.05, 3.63) is 59.9 Å². The van der Waals surface area contributed by atoms with Crippen LogP contribution in [0.5, 0.6) is 5.75 Å². The molecule has 0 heterocycles. The maximum atomic E-state index is 13.1. The van der Waals surface area contributed by atoms with Crippen LogP contribution >= 0.6 is 0 Å². The van der Waals surface area contributed by atoms with Crippen LogP contribution in [0, 0.1) is 17.2 Å². The van der Waals surface area contributed by atoms with Crippen LogP contribution in [0.1, 0.15) is 46.1 Å². The lowest BCUT2D eigenvalue weighted by molar-refractivity contribution is -0.133. The third kappa shape index (κ3) is 9.43. The van der Waals surface area contributed by atoms with Crippen LogP contribution in [-0.4, -0.2) is 51.3 Å². The van der Waals surface area contributed by atoms with Crippen LogP contribution in [0.15, 0.2) is 53.4 Å². The van der Waals surface area contributed by atoms with E-state index in [9.17, 15) is 17.6 Å². The van der Waals surface area contributed by atoms with Crippen LogP contribution in [0.3, 0.4) is 0 Å². The fraction of sp³-hybridized carbons (Fsp3) is 0.500. The van der Waals surface area contributed by atoms with Crippen LogP contribution in [0.2, 0.25) is 0 Å². The first kappa shape index (κ1) is 27.8. The van der Waals surface area contributed by atoms with Gasteiger partial charge in [-0.3, -0.25) is 4.79 Å². The van der Waals surface area contributed by atoms with Gasteiger partial charge in [-0.15, -0.1) is 0 Å². The first-order chi connectivity index (χ1) is 15.7. The highest BCUT2D eigenvalue weighted by molar-refractivity contribution is 7.87. The van der Waals surface area contributed by atoms with Crippen LogP contribution in [0.25, 0.3) is 0 Å². The van der Waals surface area contributed by atoms with E-state index in [1.165, 1.54) is 0 Å². The Morgan fingerprint density at radius 2 is 1.59 bits per heavy atom. The first-order valence-electron chi connectivity index (χ1n) is 11.5. The van der Waals surface area contributed by atoms with Crippen LogP contribution < -0.4 is 4.18 Å². The molecule has 188 valence electrons. The number of rotatable bonds is 11. The van der Waals surface area contributed by atoms with E-state index in [0.29, 0.717) is 19.5 Å². The van der Waals surface area contributed by atoms with E-state index in [4.69, 9.17) is 4.18 Å². The summed E-state index contributed by atoms with van der Waals surface area (Å²) >= 11 is 0. The van der Waals surface area contributed by atoms with E-state index in [-0.39, 0.29) is 27.9 Å². The molecule has 0 aromatic heterocycles. The van der Waals surface area contributed by atoms with E-state index >= 15 is 0 Å². The van der Waals surface area contributed by atoms with E-state index in [1.807, 2.05) is 23.9 Å². The molecule has 0 aliphatic heterocycles. The SMILES string of the molecule is C[C@@H](CC(=O)N(CCN(C)C)Cc1ccc(OS(=O)(=O)c2ccc(F)cc2)cc1)CC(C)(C)C. The van der Waals surface area contributed by atoms with Gasteiger partial charge < -0.3 is 14.0 Å². The van der Waals surface area contributed by atoms with Crippen LogP contribution in [-0.2, 0) is 21.5 Å².